The predicted molar refractivity (Wildman–Crippen MR) is 163 cm³/mol. The third-order valence-corrected chi connectivity index (χ3v) is 9.21. The molecule has 2 aromatic rings. The molecule has 0 N–H and O–H groups in total. The number of aromatic nitrogens is 1. The van der Waals surface area contributed by atoms with E-state index in [0.717, 1.165) is 17.0 Å². The Morgan fingerprint density at radius 1 is 1.22 bits per heavy atom. The number of piperidine rings is 1. The molecule has 4 heterocycles. The van der Waals surface area contributed by atoms with Crippen molar-refractivity contribution in [3.8, 4) is 0 Å². The van der Waals surface area contributed by atoms with E-state index in [1.54, 1.807) is 32.3 Å². The molecule has 0 unspecified atom stereocenters. The lowest BCUT2D eigenvalue weighted by Gasteiger charge is -2.41. The third-order valence-electron chi connectivity index (χ3n) is 8.91. The van der Waals surface area contributed by atoms with Gasteiger partial charge in [-0.25, -0.2) is 9.37 Å². The lowest BCUT2D eigenvalue weighted by molar-refractivity contribution is -0.137. The van der Waals surface area contributed by atoms with E-state index in [1.165, 1.54) is 22.8 Å². The summed E-state index contributed by atoms with van der Waals surface area (Å²) in [6.07, 6.45) is -4.41. The zero-order valence-corrected chi connectivity index (χ0v) is 26.0. The number of anilines is 3. The van der Waals surface area contributed by atoms with Gasteiger partial charge in [-0.1, -0.05) is 24.2 Å². The van der Waals surface area contributed by atoms with Gasteiger partial charge < -0.3 is 14.7 Å². The SMILES string of the molecule is C=CC(=O)N1CC[C@H](N(C)CCN2C[C@H]3CC(=O)N(c4cc(C(F)(F)F)cc(C)n4)[C@@H]3C(=O)N(C)c3cccc(Cl)c32)[C@H](F)C1. The van der Waals surface area contributed by atoms with Crippen LogP contribution in [0.2, 0.25) is 5.02 Å². The Hall–Kier alpha value is -3.71. The first kappa shape index (κ1) is 32.7. The van der Waals surface area contributed by atoms with Gasteiger partial charge in [-0.15, -0.1) is 0 Å². The highest BCUT2D eigenvalue weighted by Gasteiger charge is 2.49. The molecule has 5 rings (SSSR count). The molecule has 1 aromatic heterocycles. The second-order valence-corrected chi connectivity index (χ2v) is 12.2. The fourth-order valence-electron chi connectivity index (χ4n) is 6.63. The first-order valence-corrected chi connectivity index (χ1v) is 15.0. The van der Waals surface area contributed by atoms with Gasteiger partial charge in [-0.05, 0) is 50.7 Å². The summed E-state index contributed by atoms with van der Waals surface area (Å²) < 4.78 is 56.3. The zero-order chi connectivity index (χ0) is 32.8. The lowest BCUT2D eigenvalue weighted by atomic mass is 9.95. The number of alkyl halides is 4. The van der Waals surface area contributed by atoms with Crippen LogP contribution in [0.25, 0.3) is 0 Å². The molecule has 3 aliphatic rings. The van der Waals surface area contributed by atoms with Crippen LogP contribution in [0, 0.1) is 12.8 Å². The van der Waals surface area contributed by atoms with Crippen LogP contribution >= 0.6 is 11.6 Å². The molecular weight excluding hydrogens is 616 g/mol. The Morgan fingerprint density at radius 3 is 2.62 bits per heavy atom. The Kier molecular flexibility index (Phi) is 9.14. The number of para-hydroxylation sites is 1. The maximum absolute atomic E-state index is 15.2. The summed E-state index contributed by atoms with van der Waals surface area (Å²) in [7, 11) is 3.35. The van der Waals surface area contributed by atoms with Crippen LogP contribution < -0.4 is 14.7 Å². The van der Waals surface area contributed by atoms with Gasteiger partial charge in [0.05, 0.1) is 28.5 Å². The molecule has 0 aliphatic carbocycles. The molecule has 0 radical (unpaired) electrons. The lowest BCUT2D eigenvalue weighted by Crippen LogP contribution is -2.55. The summed E-state index contributed by atoms with van der Waals surface area (Å²) in [5.74, 6) is -2.11. The molecule has 14 heteroatoms. The molecule has 45 heavy (non-hydrogen) atoms. The third kappa shape index (κ3) is 6.37. The van der Waals surface area contributed by atoms with Gasteiger partial charge in [0.1, 0.15) is 18.0 Å². The number of fused-ring (bicyclic) bond motifs is 2. The largest absolute Gasteiger partial charge is 0.416 e. The molecule has 9 nitrogen and oxygen atoms in total. The van der Waals surface area contributed by atoms with Gasteiger partial charge >= 0.3 is 6.18 Å². The molecule has 2 fully saturated rings. The molecule has 2 saturated heterocycles. The monoisotopic (exact) mass is 650 g/mol. The van der Waals surface area contributed by atoms with E-state index < -0.39 is 47.7 Å². The number of amides is 3. The van der Waals surface area contributed by atoms with Crippen LogP contribution in [0.5, 0.6) is 0 Å². The van der Waals surface area contributed by atoms with Gasteiger partial charge in [-0.2, -0.15) is 13.2 Å². The number of carbonyl (C=O) groups is 3. The summed E-state index contributed by atoms with van der Waals surface area (Å²) in [5.41, 5.74) is 0.153. The van der Waals surface area contributed by atoms with E-state index in [9.17, 15) is 27.6 Å². The summed E-state index contributed by atoms with van der Waals surface area (Å²) in [4.78, 5) is 51.4. The number of benzene rings is 1. The van der Waals surface area contributed by atoms with Crippen LogP contribution in [-0.4, -0.2) is 97.6 Å². The van der Waals surface area contributed by atoms with E-state index in [4.69, 9.17) is 11.6 Å². The molecule has 0 bridgehead atoms. The van der Waals surface area contributed by atoms with Crippen LogP contribution in [0.1, 0.15) is 24.1 Å². The molecule has 0 saturated carbocycles. The average Bonchev–Trinajstić information content (AvgIpc) is 3.31. The number of rotatable bonds is 6. The van der Waals surface area contributed by atoms with E-state index in [-0.39, 0.29) is 36.9 Å². The number of nitrogens with zero attached hydrogens (tertiary/aromatic N) is 6. The zero-order valence-electron chi connectivity index (χ0n) is 25.2. The van der Waals surface area contributed by atoms with Gasteiger partial charge in [0.15, 0.2) is 0 Å². The molecule has 242 valence electrons. The average molecular weight is 651 g/mol. The maximum Gasteiger partial charge on any atom is 0.416 e. The summed E-state index contributed by atoms with van der Waals surface area (Å²) in [6, 6.07) is 5.26. The van der Waals surface area contributed by atoms with Gasteiger partial charge in [-0.3, -0.25) is 24.2 Å². The number of hydrogen-bond donors (Lipinski definition) is 0. The maximum atomic E-state index is 15.2. The topological polar surface area (TPSA) is 80.3 Å². The number of likely N-dealkylation sites (N-methyl/N-ethyl adjacent to an activating group) is 2. The first-order chi connectivity index (χ1) is 21.2. The smallest absolute Gasteiger partial charge is 0.367 e. The number of hydrogen-bond acceptors (Lipinski definition) is 6. The van der Waals surface area contributed by atoms with Crippen molar-refractivity contribution >= 4 is 46.5 Å². The van der Waals surface area contributed by atoms with Crippen molar-refractivity contribution in [2.45, 2.75) is 44.2 Å². The van der Waals surface area contributed by atoms with Crippen LogP contribution in [-0.2, 0) is 20.6 Å². The number of pyridine rings is 1. The van der Waals surface area contributed by atoms with Gasteiger partial charge in [0, 0.05) is 57.3 Å². The van der Waals surface area contributed by atoms with Crippen LogP contribution in [0.4, 0.5) is 34.8 Å². The Morgan fingerprint density at radius 2 is 1.96 bits per heavy atom. The van der Waals surface area contributed by atoms with Crippen molar-refractivity contribution in [1.82, 2.24) is 14.8 Å². The normalized spacial score (nSPS) is 24.0. The van der Waals surface area contributed by atoms with E-state index in [2.05, 4.69) is 11.6 Å². The van der Waals surface area contributed by atoms with E-state index in [0.29, 0.717) is 42.5 Å². The van der Waals surface area contributed by atoms with Crippen molar-refractivity contribution < 1.29 is 31.9 Å². The Bertz CT molecular complexity index is 1510. The van der Waals surface area contributed by atoms with Crippen molar-refractivity contribution in [3.63, 3.8) is 0 Å². The minimum Gasteiger partial charge on any atom is -0.367 e. The molecule has 3 aliphatic heterocycles. The highest BCUT2D eigenvalue weighted by atomic mass is 35.5. The molecule has 4 atom stereocenters. The van der Waals surface area contributed by atoms with Crippen LogP contribution in [0.15, 0.2) is 43.0 Å². The second-order valence-electron chi connectivity index (χ2n) is 11.8. The first-order valence-electron chi connectivity index (χ1n) is 14.7. The quantitative estimate of drug-likeness (QED) is 0.342. The number of likely N-dealkylation sites (tertiary alicyclic amines) is 1. The fourth-order valence-corrected chi connectivity index (χ4v) is 6.92. The van der Waals surface area contributed by atoms with Gasteiger partial charge in [0.2, 0.25) is 17.7 Å². The second kappa shape index (κ2) is 12.6. The summed E-state index contributed by atoms with van der Waals surface area (Å²) >= 11 is 6.70. The van der Waals surface area contributed by atoms with E-state index in [1.807, 2.05) is 9.80 Å². The molecule has 3 amide bonds. The highest BCUT2D eigenvalue weighted by Crippen LogP contribution is 2.43. The standard InChI is InChI=1S/C31H35ClF4N6O3/c1-5-26(43)40-10-9-23(22(33)17-40)38(3)11-12-41-16-19-14-27(44)42(25-15-20(31(34,35)36)13-18(2)37-25)28(19)30(45)39(4)24-8-6-7-21(32)29(24)41/h5-8,13,15,19,22-23,28H,1,9-12,14,16-17H2,2-4H3/t19-,22-,23+,28+/m1/s1. The minimum atomic E-state index is -4.67. The number of aryl methyl sites for hydroxylation is 1. The molecule has 1 aromatic carbocycles. The minimum absolute atomic E-state index is 0.0319. The molecular formula is C31H35ClF4N6O3. The van der Waals surface area contributed by atoms with Crippen molar-refractivity contribution in [1.29, 1.82) is 0 Å². The number of halogens is 5. The van der Waals surface area contributed by atoms with Crippen LogP contribution in [0.3, 0.4) is 0 Å². The summed E-state index contributed by atoms with van der Waals surface area (Å²) in [5, 5.41) is 0.379. The van der Waals surface area contributed by atoms with Gasteiger partial charge in [0.25, 0.3) is 0 Å². The van der Waals surface area contributed by atoms with E-state index >= 15 is 4.39 Å². The highest BCUT2D eigenvalue weighted by molar-refractivity contribution is 6.34. The predicted octanol–water partition coefficient (Wildman–Crippen LogP) is 4.32. The molecule has 0 spiro atoms. The Labute approximate surface area is 264 Å². The van der Waals surface area contributed by atoms with Crippen molar-refractivity contribution in [2.75, 3.05) is 61.5 Å². The number of carbonyl (C=O) groups excluding carboxylic acids is 3. The van der Waals surface area contributed by atoms with Crippen molar-refractivity contribution in [3.05, 3.63) is 59.3 Å². The van der Waals surface area contributed by atoms with Crippen molar-refractivity contribution in [2.24, 2.45) is 5.92 Å². The summed E-state index contributed by atoms with van der Waals surface area (Å²) in [6.45, 7) is 6.19. The fraction of sp³-hybridized carbons (Fsp3) is 0.484. The Balaban J connectivity index is 1.44.